The van der Waals surface area contributed by atoms with Crippen molar-refractivity contribution < 1.29 is 9.90 Å². The molecule has 1 aromatic rings. The van der Waals surface area contributed by atoms with E-state index in [1.807, 2.05) is 6.26 Å². The van der Waals surface area contributed by atoms with Crippen LogP contribution in [0.5, 0.6) is 0 Å². The number of nitrogens with one attached hydrogen (secondary N) is 1. The first kappa shape index (κ1) is 13.0. The number of nitrogens with zero attached hydrogens (tertiary/aromatic N) is 1. The van der Waals surface area contributed by atoms with Gasteiger partial charge in [0.05, 0.1) is 17.7 Å². The van der Waals surface area contributed by atoms with Gasteiger partial charge in [-0.3, -0.25) is 4.79 Å². The van der Waals surface area contributed by atoms with Gasteiger partial charge >= 0.3 is 0 Å². The number of amides is 1. The van der Waals surface area contributed by atoms with Gasteiger partial charge in [0.15, 0.2) is 0 Å². The number of hydrogen-bond donors (Lipinski definition) is 2. The van der Waals surface area contributed by atoms with Crippen molar-refractivity contribution in [2.75, 3.05) is 12.9 Å². The lowest BCUT2D eigenvalue weighted by Gasteiger charge is -2.23. The summed E-state index contributed by atoms with van der Waals surface area (Å²) < 4.78 is 0. The minimum Gasteiger partial charge on any atom is -0.394 e. The molecule has 0 unspecified atom stereocenters. The minimum absolute atomic E-state index is 0.104. The fraction of sp³-hybridized carbons (Fsp3) is 0.455. The number of hydrogen-bond acceptors (Lipinski definition) is 4. The average molecular weight is 240 g/mol. The third-order valence-electron chi connectivity index (χ3n) is 2.06. The largest absolute Gasteiger partial charge is 0.394 e. The van der Waals surface area contributed by atoms with Crippen molar-refractivity contribution in [3.05, 3.63) is 23.9 Å². The molecule has 0 saturated heterocycles. The van der Waals surface area contributed by atoms with Crippen LogP contribution in [0.25, 0.3) is 0 Å². The van der Waals surface area contributed by atoms with Crippen molar-refractivity contribution >= 4 is 17.7 Å². The van der Waals surface area contributed by atoms with Gasteiger partial charge < -0.3 is 10.4 Å². The summed E-state index contributed by atoms with van der Waals surface area (Å²) in [6.45, 7) is 3.42. The van der Waals surface area contributed by atoms with E-state index in [4.69, 9.17) is 5.11 Å². The Morgan fingerprint density at radius 3 is 2.88 bits per heavy atom. The maximum Gasteiger partial charge on any atom is 0.254 e. The van der Waals surface area contributed by atoms with E-state index in [2.05, 4.69) is 10.3 Å². The first-order valence-corrected chi connectivity index (χ1v) is 6.15. The molecule has 2 N–H and O–H groups in total. The summed E-state index contributed by atoms with van der Waals surface area (Å²) in [7, 11) is 0. The Labute approximate surface area is 99.5 Å². The van der Waals surface area contributed by atoms with Gasteiger partial charge in [-0.2, -0.15) is 0 Å². The minimum atomic E-state index is -0.622. The Kier molecular flexibility index (Phi) is 4.32. The van der Waals surface area contributed by atoms with Gasteiger partial charge in [-0.05, 0) is 32.2 Å². The van der Waals surface area contributed by atoms with E-state index in [1.165, 1.54) is 11.8 Å². The third kappa shape index (κ3) is 3.21. The molecule has 88 valence electrons. The number of carbonyl (C=O) groups is 1. The van der Waals surface area contributed by atoms with Crippen LogP contribution in [0.2, 0.25) is 0 Å². The molecular formula is C11H16N2O2S. The maximum absolute atomic E-state index is 11.9. The normalized spacial score (nSPS) is 11.2. The summed E-state index contributed by atoms with van der Waals surface area (Å²) in [5, 5.41) is 12.5. The van der Waals surface area contributed by atoms with Crippen LogP contribution in [-0.4, -0.2) is 34.4 Å². The molecule has 1 amide bonds. The Hall–Kier alpha value is -1.07. The van der Waals surface area contributed by atoms with Crippen LogP contribution in [0.4, 0.5) is 0 Å². The van der Waals surface area contributed by atoms with Crippen molar-refractivity contribution in [2.24, 2.45) is 0 Å². The van der Waals surface area contributed by atoms with Gasteiger partial charge in [-0.1, -0.05) is 0 Å². The molecule has 16 heavy (non-hydrogen) atoms. The molecule has 0 aliphatic carbocycles. The number of rotatable bonds is 4. The van der Waals surface area contributed by atoms with E-state index in [-0.39, 0.29) is 12.5 Å². The van der Waals surface area contributed by atoms with Crippen LogP contribution < -0.4 is 5.32 Å². The molecule has 0 atom stereocenters. The Morgan fingerprint density at radius 2 is 2.31 bits per heavy atom. The van der Waals surface area contributed by atoms with Crippen LogP contribution in [0.3, 0.4) is 0 Å². The van der Waals surface area contributed by atoms with Crippen molar-refractivity contribution in [1.82, 2.24) is 10.3 Å². The van der Waals surface area contributed by atoms with Crippen LogP contribution in [-0.2, 0) is 0 Å². The fourth-order valence-electron chi connectivity index (χ4n) is 1.14. The van der Waals surface area contributed by atoms with Gasteiger partial charge in [0.2, 0.25) is 0 Å². The highest BCUT2D eigenvalue weighted by atomic mass is 32.2. The molecule has 1 heterocycles. The lowest BCUT2D eigenvalue weighted by Crippen LogP contribution is -2.46. The molecule has 1 rings (SSSR count). The summed E-state index contributed by atoms with van der Waals surface area (Å²) in [4.78, 5) is 16.0. The predicted octanol–water partition coefficient (Wildman–Crippen LogP) is 1.30. The van der Waals surface area contributed by atoms with E-state index < -0.39 is 5.54 Å². The van der Waals surface area contributed by atoms with Crippen LogP contribution >= 0.6 is 11.8 Å². The van der Waals surface area contributed by atoms with Crippen molar-refractivity contribution in [3.8, 4) is 0 Å². The molecular weight excluding hydrogens is 224 g/mol. The number of pyridine rings is 1. The van der Waals surface area contributed by atoms with Gasteiger partial charge in [0.25, 0.3) is 5.91 Å². The molecule has 0 aromatic carbocycles. The van der Waals surface area contributed by atoms with Crippen molar-refractivity contribution in [1.29, 1.82) is 0 Å². The maximum atomic E-state index is 11.9. The van der Waals surface area contributed by atoms with Gasteiger partial charge in [-0.25, -0.2) is 4.98 Å². The van der Waals surface area contributed by atoms with E-state index in [0.29, 0.717) is 10.6 Å². The van der Waals surface area contributed by atoms with Crippen molar-refractivity contribution in [2.45, 2.75) is 24.4 Å². The summed E-state index contributed by atoms with van der Waals surface area (Å²) in [5.41, 5.74) is -0.0840. The summed E-state index contributed by atoms with van der Waals surface area (Å²) in [5.74, 6) is -0.212. The zero-order chi connectivity index (χ0) is 12.2. The monoisotopic (exact) mass is 240 g/mol. The summed E-state index contributed by atoms with van der Waals surface area (Å²) >= 11 is 1.42. The van der Waals surface area contributed by atoms with E-state index in [9.17, 15) is 4.79 Å². The number of carbonyl (C=O) groups excluding carboxylic acids is 1. The van der Waals surface area contributed by atoms with E-state index in [1.54, 1.807) is 32.2 Å². The molecule has 0 fully saturated rings. The van der Waals surface area contributed by atoms with E-state index in [0.717, 1.165) is 0 Å². The second-order valence-electron chi connectivity index (χ2n) is 4.06. The standard InChI is InChI=1S/C11H16N2O2S/c1-11(2,7-14)13-9(15)8-5-4-6-12-10(8)16-3/h4-6,14H,7H2,1-3H3,(H,13,15). The average Bonchev–Trinajstić information content (AvgIpc) is 2.28. The molecule has 0 bridgehead atoms. The summed E-state index contributed by atoms with van der Waals surface area (Å²) in [6, 6.07) is 3.45. The molecule has 5 heteroatoms. The van der Waals surface area contributed by atoms with Crippen molar-refractivity contribution in [3.63, 3.8) is 0 Å². The molecule has 0 spiro atoms. The highest BCUT2D eigenvalue weighted by Crippen LogP contribution is 2.17. The van der Waals surface area contributed by atoms with Crippen LogP contribution in [0.1, 0.15) is 24.2 Å². The Morgan fingerprint density at radius 1 is 1.62 bits per heavy atom. The lowest BCUT2D eigenvalue weighted by atomic mass is 10.1. The highest BCUT2D eigenvalue weighted by molar-refractivity contribution is 7.98. The first-order chi connectivity index (χ1) is 7.50. The zero-order valence-corrected chi connectivity index (χ0v) is 10.5. The Balaban J connectivity index is 2.88. The molecule has 0 radical (unpaired) electrons. The molecule has 1 aromatic heterocycles. The highest BCUT2D eigenvalue weighted by Gasteiger charge is 2.21. The SMILES string of the molecule is CSc1ncccc1C(=O)NC(C)(C)CO. The van der Waals surface area contributed by atoms with E-state index >= 15 is 0 Å². The number of thioether (sulfide) groups is 1. The smallest absolute Gasteiger partial charge is 0.254 e. The summed E-state index contributed by atoms with van der Waals surface area (Å²) in [6.07, 6.45) is 3.52. The topological polar surface area (TPSA) is 62.2 Å². The molecule has 0 aliphatic rings. The molecule has 0 saturated carbocycles. The number of aliphatic hydroxyl groups excluding tert-OH is 1. The van der Waals surface area contributed by atoms with Gasteiger partial charge in [-0.15, -0.1) is 11.8 Å². The van der Waals surface area contributed by atoms with Gasteiger partial charge in [0, 0.05) is 6.20 Å². The second-order valence-corrected chi connectivity index (χ2v) is 4.85. The molecule has 0 aliphatic heterocycles. The predicted molar refractivity (Wildman–Crippen MR) is 64.6 cm³/mol. The zero-order valence-electron chi connectivity index (χ0n) is 9.65. The van der Waals surface area contributed by atoms with Crippen LogP contribution in [0.15, 0.2) is 23.4 Å². The first-order valence-electron chi connectivity index (χ1n) is 4.92. The fourth-order valence-corrected chi connectivity index (χ4v) is 1.69. The lowest BCUT2D eigenvalue weighted by molar-refractivity contribution is 0.0865. The number of aromatic nitrogens is 1. The van der Waals surface area contributed by atoms with Crippen LogP contribution in [0, 0.1) is 0 Å². The third-order valence-corrected chi connectivity index (χ3v) is 2.77. The Bertz CT molecular complexity index is 380. The molecule has 4 nitrogen and oxygen atoms in total. The second kappa shape index (κ2) is 5.32. The quantitative estimate of drug-likeness (QED) is 0.779. The van der Waals surface area contributed by atoms with Gasteiger partial charge in [0.1, 0.15) is 5.03 Å². The number of aliphatic hydroxyl groups is 1.